The van der Waals surface area contributed by atoms with Gasteiger partial charge in [-0.3, -0.25) is 14.9 Å². The number of ketones is 1. The fraction of sp³-hybridized carbons (Fsp3) is 0.235. The Morgan fingerprint density at radius 1 is 1.09 bits per heavy atom. The molecule has 0 aliphatic heterocycles. The zero-order chi connectivity index (χ0) is 17.3. The van der Waals surface area contributed by atoms with Crippen molar-refractivity contribution in [2.45, 2.75) is 27.2 Å². The molecule has 0 aliphatic rings. The van der Waals surface area contributed by atoms with Crippen LogP contribution in [-0.4, -0.2) is 20.9 Å². The summed E-state index contributed by atoms with van der Waals surface area (Å²) in [6.07, 6.45) is 0.0688. The molecule has 0 heterocycles. The van der Waals surface area contributed by atoms with Crippen molar-refractivity contribution in [1.82, 2.24) is 0 Å². The van der Waals surface area contributed by atoms with Crippen molar-refractivity contribution in [3.8, 4) is 11.5 Å². The standard InChI is InChI=1S/C17H17NO5/c1-9-4-10(2)13(11(3)5-9)8-15(19)12-6-14(18(22)23)17(21)16(20)7-12/h4-7,20-21H,8H2,1-3H3. The van der Waals surface area contributed by atoms with Crippen molar-refractivity contribution in [3.05, 3.63) is 62.2 Å². The maximum atomic E-state index is 12.4. The van der Waals surface area contributed by atoms with E-state index in [9.17, 15) is 25.1 Å². The van der Waals surface area contributed by atoms with Crippen LogP contribution in [0.2, 0.25) is 0 Å². The first-order valence-corrected chi connectivity index (χ1v) is 7.01. The van der Waals surface area contributed by atoms with Gasteiger partial charge in [-0.1, -0.05) is 17.7 Å². The molecule has 0 amide bonds. The van der Waals surface area contributed by atoms with Gasteiger partial charge in [-0.05, 0) is 43.5 Å². The molecule has 0 saturated heterocycles. The number of aromatic hydroxyl groups is 2. The third-order valence-electron chi connectivity index (χ3n) is 3.77. The molecule has 2 N–H and O–H groups in total. The Labute approximate surface area is 133 Å². The number of carbonyl (C=O) groups excluding carboxylic acids is 1. The zero-order valence-electron chi connectivity index (χ0n) is 13.1. The smallest absolute Gasteiger partial charge is 0.315 e. The van der Waals surface area contributed by atoms with Crippen LogP contribution in [0.5, 0.6) is 11.5 Å². The van der Waals surface area contributed by atoms with Crippen molar-refractivity contribution >= 4 is 11.5 Å². The van der Waals surface area contributed by atoms with Gasteiger partial charge in [0.1, 0.15) is 0 Å². The highest BCUT2D eigenvalue weighted by atomic mass is 16.6. The first kappa shape index (κ1) is 16.5. The number of phenolic OH excluding ortho intramolecular Hbond substituents is 2. The Morgan fingerprint density at radius 2 is 1.65 bits per heavy atom. The number of rotatable bonds is 4. The number of nitro benzene ring substituents is 1. The highest BCUT2D eigenvalue weighted by molar-refractivity contribution is 5.99. The van der Waals surface area contributed by atoms with Crippen LogP contribution in [0.25, 0.3) is 0 Å². The van der Waals surface area contributed by atoms with Crippen LogP contribution < -0.4 is 0 Å². The number of nitro groups is 1. The van der Waals surface area contributed by atoms with E-state index in [2.05, 4.69) is 0 Å². The predicted octanol–water partition coefficient (Wildman–Crippen LogP) is 3.36. The maximum absolute atomic E-state index is 12.4. The van der Waals surface area contributed by atoms with Crippen LogP contribution in [-0.2, 0) is 6.42 Å². The van der Waals surface area contributed by atoms with E-state index in [0.29, 0.717) is 0 Å². The van der Waals surface area contributed by atoms with Crippen molar-refractivity contribution in [2.75, 3.05) is 0 Å². The second-order valence-electron chi connectivity index (χ2n) is 5.60. The number of hydrogen-bond donors (Lipinski definition) is 2. The number of nitrogens with zero attached hydrogens (tertiary/aromatic N) is 1. The normalized spacial score (nSPS) is 10.6. The molecule has 0 fully saturated rings. The molecule has 23 heavy (non-hydrogen) atoms. The summed E-state index contributed by atoms with van der Waals surface area (Å²) in [5.41, 5.74) is 3.18. The van der Waals surface area contributed by atoms with Crippen LogP contribution in [0, 0.1) is 30.9 Å². The molecule has 0 unspecified atom stereocenters. The van der Waals surface area contributed by atoms with Gasteiger partial charge < -0.3 is 10.2 Å². The Bertz CT molecular complexity index is 788. The minimum Gasteiger partial charge on any atom is -0.504 e. The number of benzene rings is 2. The number of hydrogen-bond acceptors (Lipinski definition) is 5. The van der Waals surface area contributed by atoms with Gasteiger partial charge >= 0.3 is 5.69 Å². The molecule has 0 atom stereocenters. The Morgan fingerprint density at radius 3 is 2.17 bits per heavy atom. The Balaban J connectivity index is 2.41. The molecule has 6 nitrogen and oxygen atoms in total. The predicted molar refractivity (Wildman–Crippen MR) is 85.1 cm³/mol. The van der Waals surface area contributed by atoms with Crippen molar-refractivity contribution in [2.24, 2.45) is 0 Å². The fourth-order valence-corrected chi connectivity index (χ4v) is 2.66. The third kappa shape index (κ3) is 3.31. The van der Waals surface area contributed by atoms with E-state index in [0.717, 1.165) is 34.4 Å². The lowest BCUT2D eigenvalue weighted by atomic mass is 9.93. The molecule has 0 radical (unpaired) electrons. The Kier molecular flexibility index (Phi) is 4.36. The second kappa shape index (κ2) is 6.08. The molecule has 2 rings (SSSR count). The SMILES string of the molecule is Cc1cc(C)c(CC(=O)c2cc(O)c(O)c([N+](=O)[O-])c2)c(C)c1. The largest absolute Gasteiger partial charge is 0.504 e. The number of phenols is 2. The molecular weight excluding hydrogens is 298 g/mol. The first-order chi connectivity index (χ1) is 10.7. The molecule has 0 aliphatic carbocycles. The lowest BCUT2D eigenvalue weighted by Gasteiger charge is -2.11. The average Bonchev–Trinajstić information content (AvgIpc) is 2.44. The van der Waals surface area contributed by atoms with E-state index in [-0.39, 0.29) is 17.8 Å². The summed E-state index contributed by atoms with van der Waals surface area (Å²) < 4.78 is 0. The number of Topliss-reactive ketones (excluding diaryl/α,β-unsaturated/α-hetero) is 1. The van der Waals surface area contributed by atoms with E-state index in [1.165, 1.54) is 0 Å². The van der Waals surface area contributed by atoms with Crippen molar-refractivity contribution < 1.29 is 19.9 Å². The fourth-order valence-electron chi connectivity index (χ4n) is 2.66. The van der Waals surface area contributed by atoms with E-state index < -0.39 is 22.1 Å². The highest BCUT2D eigenvalue weighted by Gasteiger charge is 2.22. The molecule has 0 spiro atoms. The van der Waals surface area contributed by atoms with Gasteiger partial charge in [0.2, 0.25) is 5.75 Å². The molecule has 2 aromatic rings. The molecular formula is C17H17NO5. The molecule has 0 bridgehead atoms. The molecule has 120 valence electrons. The van der Waals surface area contributed by atoms with Crippen LogP contribution in [0.1, 0.15) is 32.6 Å². The van der Waals surface area contributed by atoms with Gasteiger partial charge in [0.05, 0.1) is 4.92 Å². The van der Waals surface area contributed by atoms with Gasteiger partial charge in [0, 0.05) is 18.1 Å². The van der Waals surface area contributed by atoms with Crippen LogP contribution in [0.3, 0.4) is 0 Å². The van der Waals surface area contributed by atoms with E-state index in [1.807, 2.05) is 32.9 Å². The van der Waals surface area contributed by atoms with E-state index in [1.54, 1.807) is 0 Å². The maximum Gasteiger partial charge on any atom is 0.315 e. The van der Waals surface area contributed by atoms with E-state index >= 15 is 0 Å². The highest BCUT2D eigenvalue weighted by Crippen LogP contribution is 2.36. The third-order valence-corrected chi connectivity index (χ3v) is 3.77. The average molecular weight is 315 g/mol. The van der Waals surface area contributed by atoms with Crippen LogP contribution in [0.15, 0.2) is 24.3 Å². The van der Waals surface area contributed by atoms with Gasteiger partial charge in [-0.15, -0.1) is 0 Å². The number of aryl methyl sites for hydroxylation is 3. The monoisotopic (exact) mass is 315 g/mol. The molecule has 0 aromatic heterocycles. The van der Waals surface area contributed by atoms with Crippen molar-refractivity contribution in [3.63, 3.8) is 0 Å². The summed E-state index contributed by atoms with van der Waals surface area (Å²) in [5, 5.41) is 29.9. The lowest BCUT2D eigenvalue weighted by molar-refractivity contribution is -0.386. The summed E-state index contributed by atoms with van der Waals surface area (Å²) in [6.45, 7) is 5.77. The van der Waals surface area contributed by atoms with Gasteiger partial charge in [0.15, 0.2) is 11.5 Å². The van der Waals surface area contributed by atoms with Crippen LogP contribution >= 0.6 is 0 Å². The summed E-state index contributed by atoms with van der Waals surface area (Å²) >= 11 is 0. The quantitative estimate of drug-likeness (QED) is 0.390. The summed E-state index contributed by atoms with van der Waals surface area (Å²) in [7, 11) is 0. The number of carbonyl (C=O) groups is 1. The lowest BCUT2D eigenvalue weighted by Crippen LogP contribution is -2.07. The summed E-state index contributed by atoms with van der Waals surface area (Å²) in [6, 6.07) is 5.96. The molecule has 6 heteroatoms. The minimum absolute atomic E-state index is 0.00799. The second-order valence-corrected chi connectivity index (χ2v) is 5.60. The van der Waals surface area contributed by atoms with E-state index in [4.69, 9.17) is 0 Å². The summed E-state index contributed by atoms with van der Waals surface area (Å²) in [4.78, 5) is 22.5. The summed E-state index contributed by atoms with van der Waals surface area (Å²) in [5.74, 6) is -1.88. The van der Waals surface area contributed by atoms with Crippen molar-refractivity contribution in [1.29, 1.82) is 0 Å². The zero-order valence-corrected chi connectivity index (χ0v) is 13.1. The molecule has 2 aromatic carbocycles. The minimum atomic E-state index is -0.839. The van der Waals surface area contributed by atoms with Gasteiger partial charge in [-0.2, -0.15) is 0 Å². The topological polar surface area (TPSA) is 101 Å². The Hall–Kier alpha value is -2.89. The van der Waals surface area contributed by atoms with Crippen LogP contribution in [0.4, 0.5) is 5.69 Å². The molecule has 0 saturated carbocycles. The first-order valence-electron chi connectivity index (χ1n) is 7.01. The van der Waals surface area contributed by atoms with Gasteiger partial charge in [-0.25, -0.2) is 0 Å². The van der Waals surface area contributed by atoms with Gasteiger partial charge in [0.25, 0.3) is 0 Å².